The third-order valence-electron chi connectivity index (χ3n) is 4.18. The summed E-state index contributed by atoms with van der Waals surface area (Å²) in [5.41, 5.74) is 0.860. The van der Waals surface area contributed by atoms with Crippen molar-refractivity contribution in [3.8, 4) is 11.8 Å². The van der Waals surface area contributed by atoms with E-state index in [4.69, 9.17) is 14.4 Å². The largest absolute Gasteiger partial charge is 0.492 e. The van der Waals surface area contributed by atoms with Gasteiger partial charge in [-0.05, 0) is 37.3 Å². The van der Waals surface area contributed by atoms with Crippen molar-refractivity contribution >= 4 is 17.5 Å². The molecule has 1 atom stereocenters. The smallest absolute Gasteiger partial charge is 0.229 e. The van der Waals surface area contributed by atoms with Crippen molar-refractivity contribution in [3.05, 3.63) is 47.9 Å². The number of anilines is 1. The van der Waals surface area contributed by atoms with Crippen LogP contribution in [0.25, 0.3) is 0 Å². The molecule has 134 valence electrons. The van der Waals surface area contributed by atoms with Crippen LogP contribution in [0.3, 0.4) is 0 Å². The summed E-state index contributed by atoms with van der Waals surface area (Å²) in [4.78, 5) is 26.4. The van der Waals surface area contributed by atoms with Gasteiger partial charge >= 0.3 is 0 Å². The van der Waals surface area contributed by atoms with Gasteiger partial charge in [0.1, 0.15) is 11.5 Å². The van der Waals surface area contributed by atoms with Gasteiger partial charge in [0.15, 0.2) is 0 Å². The zero-order valence-corrected chi connectivity index (χ0v) is 14.4. The third-order valence-corrected chi connectivity index (χ3v) is 4.18. The van der Waals surface area contributed by atoms with Crippen molar-refractivity contribution in [3.63, 3.8) is 0 Å². The monoisotopic (exact) mass is 353 g/mol. The summed E-state index contributed by atoms with van der Waals surface area (Å²) < 4.78 is 10.8. The number of rotatable bonds is 6. The molecule has 26 heavy (non-hydrogen) atoms. The zero-order chi connectivity index (χ0) is 18.5. The van der Waals surface area contributed by atoms with E-state index < -0.39 is 5.92 Å². The van der Waals surface area contributed by atoms with Gasteiger partial charge in [0.2, 0.25) is 11.8 Å². The van der Waals surface area contributed by atoms with E-state index in [1.807, 2.05) is 13.0 Å². The van der Waals surface area contributed by atoms with Crippen LogP contribution < -0.4 is 10.1 Å². The topological polar surface area (TPSA) is 95.6 Å². The van der Waals surface area contributed by atoms with Crippen LogP contribution in [0.2, 0.25) is 0 Å². The van der Waals surface area contributed by atoms with Crippen molar-refractivity contribution in [2.24, 2.45) is 5.92 Å². The molecule has 2 heterocycles. The average Bonchev–Trinajstić information content (AvgIpc) is 3.27. The molecule has 2 amide bonds. The summed E-state index contributed by atoms with van der Waals surface area (Å²) in [6.45, 7) is 2.95. The molecule has 1 aromatic carbocycles. The van der Waals surface area contributed by atoms with Crippen LogP contribution in [0.4, 0.5) is 5.69 Å². The number of hydrogen-bond acceptors (Lipinski definition) is 5. The predicted molar refractivity (Wildman–Crippen MR) is 93.2 cm³/mol. The zero-order valence-electron chi connectivity index (χ0n) is 14.4. The Morgan fingerprint density at radius 3 is 3.00 bits per heavy atom. The molecule has 7 heteroatoms. The fraction of sp³-hybridized carbons (Fsp3) is 0.316. The molecule has 1 N–H and O–H groups in total. The number of likely N-dealkylation sites (tertiary alicyclic amines) is 1. The van der Waals surface area contributed by atoms with Gasteiger partial charge in [0.05, 0.1) is 42.7 Å². The van der Waals surface area contributed by atoms with Crippen LogP contribution >= 0.6 is 0 Å². The number of ether oxygens (including phenoxy) is 1. The lowest BCUT2D eigenvalue weighted by Gasteiger charge is -2.16. The molecule has 1 saturated heterocycles. The lowest BCUT2D eigenvalue weighted by atomic mass is 10.1. The molecule has 2 aromatic rings. The molecule has 0 bridgehead atoms. The van der Waals surface area contributed by atoms with E-state index in [-0.39, 0.29) is 18.2 Å². The summed E-state index contributed by atoms with van der Waals surface area (Å²) in [5, 5.41) is 11.9. The minimum Gasteiger partial charge on any atom is -0.492 e. The summed E-state index contributed by atoms with van der Waals surface area (Å²) in [6.07, 6.45) is 1.70. The van der Waals surface area contributed by atoms with Crippen LogP contribution in [0, 0.1) is 17.2 Å². The van der Waals surface area contributed by atoms with E-state index in [2.05, 4.69) is 5.32 Å². The highest BCUT2D eigenvalue weighted by Crippen LogP contribution is 2.28. The number of nitrogens with one attached hydrogen (secondary N) is 1. The van der Waals surface area contributed by atoms with Gasteiger partial charge in [-0.1, -0.05) is 0 Å². The molecule has 1 fully saturated rings. The minimum atomic E-state index is -0.460. The van der Waals surface area contributed by atoms with Crippen molar-refractivity contribution in [2.45, 2.75) is 19.9 Å². The molecule has 0 radical (unpaired) electrons. The Morgan fingerprint density at radius 1 is 1.46 bits per heavy atom. The number of furan rings is 1. The number of amides is 2. The first-order valence-corrected chi connectivity index (χ1v) is 8.38. The normalized spacial score (nSPS) is 16.4. The first-order valence-electron chi connectivity index (χ1n) is 8.38. The summed E-state index contributed by atoms with van der Waals surface area (Å²) in [5.74, 6) is 0.364. The molecular weight excluding hydrogens is 334 g/mol. The summed E-state index contributed by atoms with van der Waals surface area (Å²) >= 11 is 0. The number of benzene rings is 1. The molecular formula is C19H19N3O4. The number of carbonyl (C=O) groups is 2. The number of hydrogen-bond donors (Lipinski definition) is 1. The molecule has 7 nitrogen and oxygen atoms in total. The molecule has 1 unspecified atom stereocenters. The first-order chi connectivity index (χ1) is 12.6. The second kappa shape index (κ2) is 7.74. The van der Waals surface area contributed by atoms with E-state index in [9.17, 15) is 9.59 Å². The van der Waals surface area contributed by atoms with Crippen LogP contribution in [-0.2, 0) is 16.1 Å². The average molecular weight is 353 g/mol. The van der Waals surface area contributed by atoms with Gasteiger partial charge in [0.25, 0.3) is 0 Å². The highest BCUT2D eigenvalue weighted by molar-refractivity contribution is 5.98. The second-order valence-electron chi connectivity index (χ2n) is 6.00. The maximum Gasteiger partial charge on any atom is 0.229 e. The van der Waals surface area contributed by atoms with Gasteiger partial charge in [-0.3, -0.25) is 9.59 Å². The molecule has 3 rings (SSSR count). The Labute approximate surface area is 151 Å². The van der Waals surface area contributed by atoms with E-state index in [0.717, 1.165) is 0 Å². The maximum atomic E-state index is 12.6. The molecule has 1 aliphatic heterocycles. The van der Waals surface area contributed by atoms with Gasteiger partial charge in [0, 0.05) is 13.0 Å². The van der Waals surface area contributed by atoms with Crippen molar-refractivity contribution < 1.29 is 18.7 Å². The maximum absolute atomic E-state index is 12.6. The summed E-state index contributed by atoms with van der Waals surface area (Å²) in [7, 11) is 0. The Morgan fingerprint density at radius 2 is 2.31 bits per heavy atom. The van der Waals surface area contributed by atoms with Gasteiger partial charge in [-0.2, -0.15) is 5.26 Å². The quantitative estimate of drug-likeness (QED) is 0.861. The third kappa shape index (κ3) is 3.86. The Kier molecular flexibility index (Phi) is 5.23. The van der Waals surface area contributed by atoms with Crippen LogP contribution in [-0.4, -0.2) is 29.9 Å². The molecule has 0 aliphatic carbocycles. The van der Waals surface area contributed by atoms with E-state index in [0.29, 0.717) is 42.5 Å². The van der Waals surface area contributed by atoms with E-state index in [1.165, 1.54) is 0 Å². The molecule has 0 spiro atoms. The van der Waals surface area contributed by atoms with Crippen LogP contribution in [0.15, 0.2) is 41.0 Å². The van der Waals surface area contributed by atoms with Gasteiger partial charge in [-0.15, -0.1) is 0 Å². The molecule has 0 saturated carbocycles. The molecule has 1 aromatic heterocycles. The van der Waals surface area contributed by atoms with E-state index in [1.54, 1.807) is 41.5 Å². The Balaban J connectivity index is 1.69. The SMILES string of the molecule is CCOc1ccc(C#N)cc1NC(=O)C1CC(=O)N(Cc2ccco2)C1. The number of nitrogens with zero attached hydrogens (tertiary/aromatic N) is 2. The Hall–Kier alpha value is -3.27. The fourth-order valence-electron chi connectivity index (χ4n) is 2.90. The lowest BCUT2D eigenvalue weighted by Crippen LogP contribution is -2.28. The second-order valence-corrected chi connectivity index (χ2v) is 6.00. The van der Waals surface area contributed by atoms with Crippen molar-refractivity contribution in [1.82, 2.24) is 4.90 Å². The van der Waals surface area contributed by atoms with Crippen molar-refractivity contribution in [1.29, 1.82) is 5.26 Å². The van der Waals surface area contributed by atoms with Crippen LogP contribution in [0.1, 0.15) is 24.7 Å². The lowest BCUT2D eigenvalue weighted by molar-refractivity contribution is -0.128. The summed E-state index contributed by atoms with van der Waals surface area (Å²) in [6, 6.07) is 10.4. The first kappa shape index (κ1) is 17.5. The molecule has 1 aliphatic rings. The van der Waals surface area contributed by atoms with Crippen molar-refractivity contribution in [2.75, 3.05) is 18.5 Å². The minimum absolute atomic E-state index is 0.0858. The highest BCUT2D eigenvalue weighted by atomic mass is 16.5. The Bertz CT molecular complexity index is 839. The van der Waals surface area contributed by atoms with Gasteiger partial charge < -0.3 is 19.4 Å². The number of carbonyl (C=O) groups excluding carboxylic acids is 2. The number of nitriles is 1. The van der Waals surface area contributed by atoms with Crippen LogP contribution in [0.5, 0.6) is 5.75 Å². The predicted octanol–water partition coefficient (Wildman–Crippen LogP) is 2.54. The fourth-order valence-corrected chi connectivity index (χ4v) is 2.90. The van der Waals surface area contributed by atoms with E-state index >= 15 is 0 Å². The standard InChI is InChI=1S/C19H19N3O4/c1-2-25-17-6-5-13(10-20)8-16(17)21-19(24)14-9-18(23)22(11-14)12-15-4-3-7-26-15/h3-8,14H,2,9,11-12H2,1H3,(H,21,24). The van der Waals surface area contributed by atoms with Gasteiger partial charge in [-0.25, -0.2) is 0 Å². The highest BCUT2D eigenvalue weighted by Gasteiger charge is 2.35.